The van der Waals surface area contributed by atoms with E-state index in [2.05, 4.69) is 27.6 Å². The van der Waals surface area contributed by atoms with E-state index >= 15 is 0 Å². The van der Waals surface area contributed by atoms with E-state index in [1.165, 1.54) is 5.69 Å². The van der Waals surface area contributed by atoms with Crippen molar-refractivity contribution < 1.29 is 9.53 Å². The van der Waals surface area contributed by atoms with Gasteiger partial charge in [0.2, 0.25) is 0 Å². The smallest absolute Gasteiger partial charge is 0.271 e. The van der Waals surface area contributed by atoms with Crippen LogP contribution in [0.3, 0.4) is 0 Å². The molecule has 0 saturated carbocycles. The van der Waals surface area contributed by atoms with Crippen LogP contribution in [0.15, 0.2) is 47.6 Å². The lowest BCUT2D eigenvalue weighted by Crippen LogP contribution is -2.36. The van der Waals surface area contributed by atoms with Crippen molar-refractivity contribution in [3.05, 3.63) is 64.2 Å². The number of nitrogens with one attached hydrogen (secondary N) is 1. The van der Waals surface area contributed by atoms with Crippen molar-refractivity contribution >= 4 is 29.4 Å². The Hall–Kier alpha value is -2.37. The molecule has 0 atom stereocenters. The lowest BCUT2D eigenvalue weighted by molar-refractivity contribution is 0.0955. The summed E-state index contributed by atoms with van der Waals surface area (Å²) in [4.78, 5) is 14.3. The standard InChI is InChI=1S/C19H20ClN3O2/c1-14-12-18(23-8-10-25-11-9-23)7-4-16(14)13-21-22-19(24)15-2-5-17(20)6-3-15/h2-7,12-13H,8-11H2,1H3,(H,22,24)/b21-13-. The predicted molar refractivity (Wildman–Crippen MR) is 101 cm³/mol. The first-order chi connectivity index (χ1) is 12.1. The van der Waals surface area contributed by atoms with Crippen molar-refractivity contribution in [3.8, 4) is 0 Å². The van der Waals surface area contributed by atoms with Gasteiger partial charge < -0.3 is 9.64 Å². The molecule has 1 saturated heterocycles. The molecule has 2 aromatic rings. The molecule has 5 nitrogen and oxygen atoms in total. The van der Waals surface area contributed by atoms with Crippen molar-refractivity contribution in [1.82, 2.24) is 5.43 Å². The second-order valence-electron chi connectivity index (χ2n) is 5.85. The molecule has 1 heterocycles. The summed E-state index contributed by atoms with van der Waals surface area (Å²) < 4.78 is 5.38. The molecular weight excluding hydrogens is 338 g/mol. The summed E-state index contributed by atoms with van der Waals surface area (Å²) in [6.07, 6.45) is 1.66. The Bertz CT molecular complexity index is 769. The molecule has 25 heavy (non-hydrogen) atoms. The van der Waals surface area contributed by atoms with Gasteiger partial charge in [-0.05, 0) is 54.4 Å². The molecule has 6 heteroatoms. The molecule has 0 bridgehead atoms. The summed E-state index contributed by atoms with van der Waals surface area (Å²) in [5.41, 5.74) is 6.30. The average molecular weight is 358 g/mol. The first-order valence-electron chi connectivity index (χ1n) is 8.16. The van der Waals surface area contributed by atoms with E-state index in [0.717, 1.165) is 37.4 Å². The monoisotopic (exact) mass is 357 g/mol. The van der Waals surface area contributed by atoms with Crippen molar-refractivity contribution in [2.75, 3.05) is 31.2 Å². The van der Waals surface area contributed by atoms with Gasteiger partial charge in [-0.1, -0.05) is 17.7 Å². The van der Waals surface area contributed by atoms with Crippen molar-refractivity contribution in [2.24, 2.45) is 5.10 Å². The molecule has 1 N–H and O–H groups in total. The third-order valence-corrected chi connectivity index (χ3v) is 4.36. The molecule has 2 aromatic carbocycles. The van der Waals surface area contributed by atoms with Crippen molar-refractivity contribution in [3.63, 3.8) is 0 Å². The predicted octanol–water partition coefficient (Wildman–Crippen LogP) is 3.25. The maximum Gasteiger partial charge on any atom is 0.271 e. The summed E-state index contributed by atoms with van der Waals surface area (Å²) in [5, 5.41) is 4.65. The van der Waals surface area contributed by atoms with Crippen LogP contribution in [0, 0.1) is 6.92 Å². The fourth-order valence-corrected chi connectivity index (χ4v) is 2.78. The van der Waals surface area contributed by atoms with Gasteiger partial charge in [0.25, 0.3) is 5.91 Å². The zero-order valence-electron chi connectivity index (χ0n) is 14.0. The van der Waals surface area contributed by atoms with Gasteiger partial charge in [-0.2, -0.15) is 5.10 Å². The van der Waals surface area contributed by atoms with E-state index in [1.807, 2.05) is 13.0 Å². The Morgan fingerprint density at radius 2 is 1.92 bits per heavy atom. The molecule has 0 aromatic heterocycles. The molecule has 1 aliphatic heterocycles. The lowest BCUT2D eigenvalue weighted by Gasteiger charge is -2.29. The molecule has 0 spiro atoms. The van der Waals surface area contributed by atoms with Crippen LogP contribution in [0.1, 0.15) is 21.5 Å². The number of halogens is 1. The Balaban J connectivity index is 1.63. The molecule has 130 valence electrons. The normalized spacial score (nSPS) is 14.7. The van der Waals surface area contributed by atoms with E-state index in [1.54, 1.807) is 30.5 Å². The summed E-state index contributed by atoms with van der Waals surface area (Å²) in [6.45, 7) is 5.37. The first-order valence-corrected chi connectivity index (χ1v) is 8.53. The van der Waals surface area contributed by atoms with Crippen LogP contribution in [0.2, 0.25) is 5.02 Å². The minimum atomic E-state index is -0.268. The van der Waals surface area contributed by atoms with E-state index in [0.29, 0.717) is 10.6 Å². The van der Waals surface area contributed by atoms with Crippen LogP contribution < -0.4 is 10.3 Å². The SMILES string of the molecule is Cc1cc(N2CCOCC2)ccc1/C=N\NC(=O)c1ccc(Cl)cc1. The number of carbonyl (C=O) groups excluding carboxylic acids is 1. The van der Waals surface area contributed by atoms with E-state index in [-0.39, 0.29) is 5.91 Å². The molecular formula is C19H20ClN3O2. The number of amides is 1. The van der Waals surface area contributed by atoms with Crippen molar-refractivity contribution in [2.45, 2.75) is 6.92 Å². The Labute approximate surface area is 152 Å². The fraction of sp³-hybridized carbons (Fsp3) is 0.263. The number of carbonyl (C=O) groups is 1. The molecule has 1 fully saturated rings. The number of morpholine rings is 1. The van der Waals surface area contributed by atoms with Gasteiger partial charge in [-0.25, -0.2) is 5.43 Å². The number of nitrogens with zero attached hydrogens (tertiary/aromatic N) is 2. The van der Waals surface area contributed by atoms with Gasteiger partial charge in [-0.3, -0.25) is 4.79 Å². The van der Waals surface area contributed by atoms with Gasteiger partial charge in [-0.15, -0.1) is 0 Å². The minimum absolute atomic E-state index is 0.268. The molecule has 1 aliphatic rings. The number of aryl methyl sites for hydroxylation is 1. The number of hydrogen-bond donors (Lipinski definition) is 1. The molecule has 0 aliphatic carbocycles. The Morgan fingerprint density at radius 1 is 1.20 bits per heavy atom. The highest BCUT2D eigenvalue weighted by Crippen LogP contribution is 2.19. The van der Waals surface area contributed by atoms with Crippen LogP contribution >= 0.6 is 11.6 Å². The maximum atomic E-state index is 12.0. The third kappa shape index (κ3) is 4.59. The summed E-state index contributed by atoms with van der Waals surface area (Å²) in [6, 6.07) is 12.9. The zero-order chi connectivity index (χ0) is 17.6. The van der Waals surface area contributed by atoms with Gasteiger partial charge in [0.1, 0.15) is 0 Å². The summed E-state index contributed by atoms with van der Waals surface area (Å²) in [5.74, 6) is -0.268. The van der Waals surface area contributed by atoms with Crippen LogP contribution in [0.25, 0.3) is 0 Å². The molecule has 3 rings (SSSR count). The molecule has 0 radical (unpaired) electrons. The third-order valence-electron chi connectivity index (χ3n) is 4.11. The number of hydrogen-bond acceptors (Lipinski definition) is 4. The highest BCUT2D eigenvalue weighted by atomic mass is 35.5. The zero-order valence-corrected chi connectivity index (χ0v) is 14.8. The van der Waals surface area contributed by atoms with E-state index in [4.69, 9.17) is 16.3 Å². The summed E-state index contributed by atoms with van der Waals surface area (Å²) >= 11 is 5.82. The maximum absolute atomic E-state index is 12.0. The average Bonchev–Trinajstić information content (AvgIpc) is 2.64. The van der Waals surface area contributed by atoms with Crippen molar-refractivity contribution in [1.29, 1.82) is 0 Å². The van der Waals surface area contributed by atoms with Crippen LogP contribution in [-0.4, -0.2) is 38.4 Å². The first kappa shape index (κ1) is 17.5. The van der Waals surface area contributed by atoms with Gasteiger partial charge >= 0.3 is 0 Å². The van der Waals surface area contributed by atoms with Crippen LogP contribution in [0.4, 0.5) is 5.69 Å². The molecule has 0 unspecified atom stereocenters. The van der Waals surface area contributed by atoms with Gasteiger partial charge in [0, 0.05) is 29.4 Å². The largest absolute Gasteiger partial charge is 0.378 e. The fourth-order valence-electron chi connectivity index (χ4n) is 2.65. The molecule has 1 amide bonds. The quantitative estimate of drug-likeness (QED) is 0.675. The van der Waals surface area contributed by atoms with Gasteiger partial charge in [0.05, 0.1) is 19.4 Å². The van der Waals surface area contributed by atoms with E-state index < -0.39 is 0 Å². The van der Waals surface area contributed by atoms with Crippen LogP contribution in [0.5, 0.6) is 0 Å². The number of rotatable bonds is 4. The number of ether oxygens (including phenoxy) is 1. The van der Waals surface area contributed by atoms with Crippen LogP contribution in [-0.2, 0) is 4.74 Å². The second kappa shape index (κ2) is 8.14. The number of benzene rings is 2. The Morgan fingerprint density at radius 3 is 2.60 bits per heavy atom. The lowest BCUT2D eigenvalue weighted by atomic mass is 10.1. The number of hydrazone groups is 1. The minimum Gasteiger partial charge on any atom is -0.378 e. The van der Waals surface area contributed by atoms with E-state index in [9.17, 15) is 4.79 Å². The Kier molecular flexibility index (Phi) is 5.68. The number of anilines is 1. The second-order valence-corrected chi connectivity index (χ2v) is 6.28. The summed E-state index contributed by atoms with van der Waals surface area (Å²) in [7, 11) is 0. The highest BCUT2D eigenvalue weighted by Gasteiger charge is 2.11. The highest BCUT2D eigenvalue weighted by molar-refractivity contribution is 6.30. The van der Waals surface area contributed by atoms with Gasteiger partial charge in [0.15, 0.2) is 0 Å². The topological polar surface area (TPSA) is 53.9 Å².